The highest BCUT2D eigenvalue weighted by Gasteiger charge is 2.20. The van der Waals surface area contributed by atoms with Gasteiger partial charge in [0.05, 0.1) is 13.2 Å². The van der Waals surface area contributed by atoms with Crippen molar-refractivity contribution in [2.45, 2.75) is 116 Å². The molecule has 0 amide bonds. The van der Waals surface area contributed by atoms with E-state index in [-0.39, 0.29) is 12.2 Å². The Kier molecular flexibility index (Phi) is 16.9. The van der Waals surface area contributed by atoms with Gasteiger partial charge in [-0.1, -0.05) is 109 Å². The molecule has 4 heteroatoms. The van der Waals surface area contributed by atoms with E-state index in [1.807, 2.05) is 48.5 Å². The van der Waals surface area contributed by atoms with Gasteiger partial charge in [-0.25, -0.2) is 0 Å². The van der Waals surface area contributed by atoms with Gasteiger partial charge in [0.1, 0.15) is 23.6 Å². The van der Waals surface area contributed by atoms with Crippen molar-refractivity contribution in [1.29, 1.82) is 0 Å². The van der Waals surface area contributed by atoms with E-state index in [1.165, 1.54) is 57.8 Å². The maximum Gasteiger partial charge on any atom is 0.145 e. The van der Waals surface area contributed by atoms with Crippen molar-refractivity contribution >= 4 is 12.1 Å². The highest BCUT2D eigenvalue weighted by Crippen LogP contribution is 2.25. The van der Waals surface area contributed by atoms with Crippen LogP contribution in [0.15, 0.2) is 48.5 Å². The number of carbonyl (C=O) groups excluding carboxylic acids is 2. The number of hydrogen-bond acceptors (Lipinski definition) is 4. The summed E-state index contributed by atoms with van der Waals surface area (Å²) in [5.74, 6) is 1.26. The van der Waals surface area contributed by atoms with E-state index in [1.54, 1.807) is 0 Å². The largest absolute Gasteiger partial charge is 0.494 e. The summed E-state index contributed by atoms with van der Waals surface area (Å²) >= 11 is 0. The molecule has 0 aliphatic carbocycles. The van der Waals surface area contributed by atoms with Crippen molar-refractivity contribution < 1.29 is 19.1 Å². The first-order valence-corrected chi connectivity index (χ1v) is 15.1. The van der Waals surface area contributed by atoms with Crippen LogP contribution in [-0.4, -0.2) is 25.3 Å². The van der Waals surface area contributed by atoms with Gasteiger partial charge in [0, 0.05) is 18.8 Å². The van der Waals surface area contributed by atoms with Crippen LogP contribution in [0.3, 0.4) is 0 Å². The summed E-state index contributed by atoms with van der Waals surface area (Å²) in [7, 11) is 0. The Hall–Kier alpha value is -2.62. The van der Waals surface area contributed by atoms with Gasteiger partial charge in [-0.15, -0.1) is 0 Å². The minimum absolute atomic E-state index is 0.0488. The molecular formula is C34H50O4. The summed E-state index contributed by atoms with van der Waals surface area (Å²) < 4.78 is 11.7. The zero-order valence-corrected chi connectivity index (χ0v) is 23.9. The molecule has 0 aliphatic rings. The normalized spacial score (nSPS) is 11.7. The van der Waals surface area contributed by atoms with Crippen LogP contribution in [0.5, 0.6) is 11.5 Å². The second kappa shape index (κ2) is 20.4. The van der Waals surface area contributed by atoms with Crippen LogP contribution in [-0.2, 0) is 16.0 Å². The molecule has 210 valence electrons. The van der Waals surface area contributed by atoms with Gasteiger partial charge in [0.25, 0.3) is 0 Å². The molecule has 0 fully saturated rings. The first-order valence-electron chi connectivity index (χ1n) is 15.1. The van der Waals surface area contributed by atoms with Gasteiger partial charge in [0.2, 0.25) is 0 Å². The van der Waals surface area contributed by atoms with Crippen molar-refractivity contribution in [3.63, 3.8) is 0 Å². The molecule has 0 spiro atoms. The number of Topliss-reactive ketones (excluding diaryl/α,β-unsaturated/α-hetero) is 1. The Labute approximate surface area is 231 Å². The first kappa shape index (κ1) is 31.6. The van der Waals surface area contributed by atoms with Gasteiger partial charge in [-0.05, 0) is 48.2 Å². The number of benzene rings is 2. The molecule has 0 radical (unpaired) electrons. The van der Waals surface area contributed by atoms with Crippen LogP contribution in [0.25, 0.3) is 0 Å². The maximum atomic E-state index is 13.1. The smallest absolute Gasteiger partial charge is 0.145 e. The molecule has 0 heterocycles. The molecule has 38 heavy (non-hydrogen) atoms. The number of aldehydes is 1. The average molecular weight is 523 g/mol. The number of carbonyl (C=O) groups is 2. The van der Waals surface area contributed by atoms with E-state index in [9.17, 15) is 9.59 Å². The third kappa shape index (κ3) is 13.3. The maximum absolute atomic E-state index is 13.1. The molecule has 0 bridgehead atoms. The fourth-order valence-corrected chi connectivity index (χ4v) is 4.70. The van der Waals surface area contributed by atoms with E-state index in [0.29, 0.717) is 13.0 Å². The molecule has 1 unspecified atom stereocenters. The lowest BCUT2D eigenvalue weighted by atomic mass is 9.89. The SMILES string of the molecule is CCCCCCCCCCCCOc1ccc(CC(=O)C(CC=O)c2ccc(OCCCCC)cc2)cc1. The van der Waals surface area contributed by atoms with Crippen LogP contribution in [0.2, 0.25) is 0 Å². The lowest BCUT2D eigenvalue weighted by Crippen LogP contribution is -2.16. The monoisotopic (exact) mass is 522 g/mol. The Morgan fingerprint density at radius 3 is 1.63 bits per heavy atom. The standard InChI is InChI=1S/C34H50O4/c1-3-5-7-8-9-10-11-12-13-15-27-38-31-20-16-29(17-21-31)28-34(36)33(24-25-35)30-18-22-32(23-19-30)37-26-14-6-4-2/h16-23,25,33H,3-15,24,26-28H2,1-2H3. The van der Waals surface area contributed by atoms with E-state index in [2.05, 4.69) is 13.8 Å². The second-order valence-corrected chi connectivity index (χ2v) is 10.4. The van der Waals surface area contributed by atoms with Crippen molar-refractivity contribution in [2.75, 3.05) is 13.2 Å². The summed E-state index contributed by atoms with van der Waals surface area (Å²) in [4.78, 5) is 24.4. The van der Waals surface area contributed by atoms with Crippen LogP contribution in [0, 0.1) is 0 Å². The van der Waals surface area contributed by atoms with E-state index in [0.717, 1.165) is 61.2 Å². The summed E-state index contributed by atoms with van der Waals surface area (Å²) in [5, 5.41) is 0. The Balaban J connectivity index is 1.71. The topological polar surface area (TPSA) is 52.6 Å². The summed E-state index contributed by atoms with van der Waals surface area (Å²) in [5.41, 5.74) is 1.80. The number of ether oxygens (including phenoxy) is 2. The molecular weight excluding hydrogens is 472 g/mol. The zero-order chi connectivity index (χ0) is 27.3. The molecule has 4 nitrogen and oxygen atoms in total. The molecule has 2 aromatic rings. The van der Waals surface area contributed by atoms with Crippen LogP contribution in [0.1, 0.15) is 121 Å². The highest BCUT2D eigenvalue weighted by atomic mass is 16.5. The molecule has 0 aromatic heterocycles. The van der Waals surface area contributed by atoms with Gasteiger partial charge in [-0.2, -0.15) is 0 Å². The van der Waals surface area contributed by atoms with E-state index >= 15 is 0 Å². The lowest BCUT2D eigenvalue weighted by Gasteiger charge is -2.15. The third-order valence-corrected chi connectivity index (χ3v) is 7.09. The zero-order valence-electron chi connectivity index (χ0n) is 23.9. The predicted octanol–water partition coefficient (Wildman–Crippen LogP) is 9.04. The minimum Gasteiger partial charge on any atom is -0.494 e. The fraction of sp³-hybridized carbons (Fsp3) is 0.588. The average Bonchev–Trinajstić information content (AvgIpc) is 2.94. The minimum atomic E-state index is -0.436. The number of rotatable bonds is 23. The summed E-state index contributed by atoms with van der Waals surface area (Å²) in [6.07, 6.45) is 17.8. The number of hydrogen-bond donors (Lipinski definition) is 0. The third-order valence-electron chi connectivity index (χ3n) is 7.09. The lowest BCUT2D eigenvalue weighted by molar-refractivity contribution is -0.121. The molecule has 2 aromatic carbocycles. The molecule has 0 saturated heterocycles. The van der Waals surface area contributed by atoms with Crippen molar-refractivity contribution in [2.24, 2.45) is 0 Å². The molecule has 0 N–H and O–H groups in total. The highest BCUT2D eigenvalue weighted by molar-refractivity contribution is 5.89. The Bertz CT molecular complexity index is 872. The van der Waals surface area contributed by atoms with Crippen molar-refractivity contribution in [3.8, 4) is 11.5 Å². The second-order valence-electron chi connectivity index (χ2n) is 10.4. The molecule has 0 saturated carbocycles. The molecule has 1 atom stereocenters. The van der Waals surface area contributed by atoms with Gasteiger partial charge in [-0.3, -0.25) is 4.79 Å². The van der Waals surface area contributed by atoms with Crippen molar-refractivity contribution in [3.05, 3.63) is 59.7 Å². The molecule has 0 aliphatic heterocycles. The van der Waals surface area contributed by atoms with Crippen LogP contribution < -0.4 is 9.47 Å². The predicted molar refractivity (Wildman–Crippen MR) is 157 cm³/mol. The van der Waals surface area contributed by atoms with Gasteiger partial charge in [0.15, 0.2) is 0 Å². The first-order chi connectivity index (χ1) is 18.7. The fourth-order valence-electron chi connectivity index (χ4n) is 4.70. The van der Waals surface area contributed by atoms with Gasteiger partial charge < -0.3 is 14.3 Å². The van der Waals surface area contributed by atoms with Gasteiger partial charge >= 0.3 is 0 Å². The van der Waals surface area contributed by atoms with E-state index < -0.39 is 5.92 Å². The Morgan fingerprint density at radius 1 is 0.658 bits per heavy atom. The van der Waals surface area contributed by atoms with E-state index in [4.69, 9.17) is 9.47 Å². The van der Waals surface area contributed by atoms with Crippen LogP contribution >= 0.6 is 0 Å². The summed E-state index contributed by atoms with van der Waals surface area (Å²) in [6.45, 7) is 5.86. The molecule has 2 rings (SSSR count). The van der Waals surface area contributed by atoms with Crippen molar-refractivity contribution in [1.82, 2.24) is 0 Å². The quantitative estimate of drug-likeness (QED) is 0.108. The van der Waals surface area contributed by atoms with Crippen LogP contribution in [0.4, 0.5) is 0 Å². The summed E-state index contributed by atoms with van der Waals surface area (Å²) in [6, 6.07) is 15.4. The number of ketones is 1. The Morgan fingerprint density at radius 2 is 1.11 bits per heavy atom. The number of unbranched alkanes of at least 4 members (excludes halogenated alkanes) is 11.